The van der Waals surface area contributed by atoms with E-state index in [1.807, 2.05) is 0 Å². The Kier molecular flexibility index (Phi) is 3.68. The van der Waals surface area contributed by atoms with E-state index < -0.39 is 23.1 Å². The molecule has 3 nitrogen and oxygen atoms in total. The van der Waals surface area contributed by atoms with Gasteiger partial charge in [0.25, 0.3) is 5.91 Å². The number of nitrogens with zero attached hydrogens (tertiary/aromatic N) is 1. The van der Waals surface area contributed by atoms with Gasteiger partial charge in [-0.1, -0.05) is 6.07 Å². The van der Waals surface area contributed by atoms with Crippen molar-refractivity contribution in [1.29, 1.82) is 0 Å². The number of amides is 1. The first kappa shape index (κ1) is 12.0. The molecule has 1 N–H and O–H groups in total. The second-order valence-electron chi connectivity index (χ2n) is 3.99. The van der Waals surface area contributed by atoms with Crippen molar-refractivity contribution in [1.82, 2.24) is 10.2 Å². The average Bonchev–Trinajstić information content (AvgIpc) is 2.57. The SMILES string of the molecule is O=C(c1c(F)cccc1F)N1CCCNCC1. The van der Waals surface area contributed by atoms with Gasteiger partial charge in [-0.2, -0.15) is 0 Å². The lowest BCUT2D eigenvalue weighted by molar-refractivity contribution is 0.0756. The van der Waals surface area contributed by atoms with Gasteiger partial charge in [-0.15, -0.1) is 0 Å². The van der Waals surface area contributed by atoms with Crippen LogP contribution in [0.15, 0.2) is 18.2 Å². The third-order valence-electron chi connectivity index (χ3n) is 2.80. The number of hydrogen-bond donors (Lipinski definition) is 1. The van der Waals surface area contributed by atoms with Crippen LogP contribution in [0.4, 0.5) is 8.78 Å². The maximum atomic E-state index is 13.5. The molecule has 1 heterocycles. The molecule has 1 amide bonds. The van der Waals surface area contributed by atoms with Gasteiger partial charge >= 0.3 is 0 Å². The summed E-state index contributed by atoms with van der Waals surface area (Å²) in [5.41, 5.74) is -0.450. The molecule has 1 fully saturated rings. The van der Waals surface area contributed by atoms with Gasteiger partial charge in [0.15, 0.2) is 0 Å². The summed E-state index contributed by atoms with van der Waals surface area (Å²) < 4.78 is 26.9. The van der Waals surface area contributed by atoms with Gasteiger partial charge in [0.05, 0.1) is 0 Å². The molecule has 1 aromatic rings. The van der Waals surface area contributed by atoms with Crippen molar-refractivity contribution in [2.75, 3.05) is 26.2 Å². The molecule has 2 rings (SSSR count). The lowest BCUT2D eigenvalue weighted by Gasteiger charge is -2.20. The first-order valence-corrected chi connectivity index (χ1v) is 5.64. The van der Waals surface area contributed by atoms with Crippen molar-refractivity contribution >= 4 is 5.91 Å². The minimum Gasteiger partial charge on any atom is -0.337 e. The van der Waals surface area contributed by atoms with E-state index >= 15 is 0 Å². The van der Waals surface area contributed by atoms with Crippen molar-refractivity contribution < 1.29 is 13.6 Å². The van der Waals surface area contributed by atoms with Crippen LogP contribution in [0, 0.1) is 11.6 Å². The van der Waals surface area contributed by atoms with Crippen molar-refractivity contribution in [2.45, 2.75) is 6.42 Å². The molecule has 92 valence electrons. The van der Waals surface area contributed by atoms with Gasteiger partial charge in [-0.3, -0.25) is 4.79 Å². The first-order valence-electron chi connectivity index (χ1n) is 5.64. The second-order valence-corrected chi connectivity index (χ2v) is 3.99. The molecule has 0 aliphatic carbocycles. The monoisotopic (exact) mass is 240 g/mol. The highest BCUT2D eigenvalue weighted by atomic mass is 19.1. The minimum atomic E-state index is -0.799. The highest BCUT2D eigenvalue weighted by Gasteiger charge is 2.23. The minimum absolute atomic E-state index is 0.450. The van der Waals surface area contributed by atoms with Crippen molar-refractivity contribution in [3.8, 4) is 0 Å². The molecule has 0 atom stereocenters. The Bertz CT molecular complexity index is 395. The van der Waals surface area contributed by atoms with Crippen LogP contribution < -0.4 is 5.32 Å². The third kappa shape index (κ3) is 2.61. The number of carbonyl (C=O) groups excluding carboxylic acids is 1. The van der Waals surface area contributed by atoms with Gasteiger partial charge in [-0.05, 0) is 25.1 Å². The Hall–Kier alpha value is -1.49. The topological polar surface area (TPSA) is 32.3 Å². The second kappa shape index (κ2) is 5.23. The molecule has 1 aliphatic heterocycles. The van der Waals surface area contributed by atoms with Crippen LogP contribution in [0.25, 0.3) is 0 Å². The Balaban J connectivity index is 2.23. The largest absolute Gasteiger partial charge is 0.337 e. The number of carbonyl (C=O) groups is 1. The van der Waals surface area contributed by atoms with E-state index in [0.717, 1.165) is 25.1 Å². The summed E-state index contributed by atoms with van der Waals surface area (Å²) in [6.07, 6.45) is 0.793. The highest BCUT2D eigenvalue weighted by molar-refractivity contribution is 5.94. The van der Waals surface area contributed by atoms with Gasteiger partial charge in [-0.25, -0.2) is 8.78 Å². The Morgan fingerprint density at radius 3 is 2.59 bits per heavy atom. The van der Waals surface area contributed by atoms with Crippen molar-refractivity contribution in [3.63, 3.8) is 0 Å². The zero-order chi connectivity index (χ0) is 12.3. The van der Waals surface area contributed by atoms with Crippen LogP contribution in [0.3, 0.4) is 0 Å². The molecule has 5 heteroatoms. The normalized spacial score (nSPS) is 16.7. The molecule has 1 aromatic carbocycles. The van der Waals surface area contributed by atoms with E-state index in [4.69, 9.17) is 0 Å². The van der Waals surface area contributed by atoms with E-state index in [-0.39, 0.29) is 0 Å². The van der Waals surface area contributed by atoms with Crippen LogP contribution in [-0.4, -0.2) is 37.0 Å². The van der Waals surface area contributed by atoms with Crippen LogP contribution in [-0.2, 0) is 0 Å². The third-order valence-corrected chi connectivity index (χ3v) is 2.80. The standard InChI is InChI=1S/C12H14F2N2O/c13-9-3-1-4-10(14)11(9)12(17)16-7-2-5-15-6-8-16/h1,3-4,15H,2,5-8H2. The number of benzene rings is 1. The lowest BCUT2D eigenvalue weighted by Crippen LogP contribution is -2.35. The van der Waals surface area contributed by atoms with E-state index in [1.165, 1.54) is 11.0 Å². The van der Waals surface area contributed by atoms with Gasteiger partial charge in [0.2, 0.25) is 0 Å². The smallest absolute Gasteiger partial charge is 0.259 e. The quantitative estimate of drug-likeness (QED) is 0.804. The number of hydrogen-bond acceptors (Lipinski definition) is 2. The Labute approximate surface area is 98.4 Å². The van der Waals surface area contributed by atoms with E-state index in [1.54, 1.807) is 0 Å². The molecule has 0 radical (unpaired) electrons. The maximum absolute atomic E-state index is 13.5. The van der Waals surface area contributed by atoms with Crippen LogP contribution in [0.2, 0.25) is 0 Å². The number of halogens is 2. The van der Waals surface area contributed by atoms with Crippen LogP contribution >= 0.6 is 0 Å². The predicted molar refractivity (Wildman–Crippen MR) is 59.7 cm³/mol. The number of nitrogens with one attached hydrogen (secondary N) is 1. The molecule has 0 spiro atoms. The predicted octanol–water partition coefficient (Wildman–Crippen LogP) is 1.40. The summed E-state index contributed by atoms with van der Waals surface area (Å²) in [4.78, 5) is 13.5. The van der Waals surface area contributed by atoms with Gasteiger partial charge < -0.3 is 10.2 Å². The van der Waals surface area contributed by atoms with Crippen LogP contribution in [0.5, 0.6) is 0 Å². The van der Waals surface area contributed by atoms with E-state index in [0.29, 0.717) is 19.6 Å². The van der Waals surface area contributed by atoms with Gasteiger partial charge in [0.1, 0.15) is 17.2 Å². The fourth-order valence-electron chi connectivity index (χ4n) is 1.91. The Morgan fingerprint density at radius 2 is 1.88 bits per heavy atom. The zero-order valence-electron chi connectivity index (χ0n) is 9.38. The first-order chi connectivity index (χ1) is 8.20. The lowest BCUT2D eigenvalue weighted by atomic mass is 10.1. The van der Waals surface area contributed by atoms with Gasteiger partial charge in [0, 0.05) is 19.6 Å². The summed E-state index contributed by atoms with van der Waals surface area (Å²) in [5.74, 6) is -2.16. The summed E-state index contributed by atoms with van der Waals surface area (Å²) in [7, 11) is 0. The summed E-state index contributed by atoms with van der Waals surface area (Å²) >= 11 is 0. The molecular weight excluding hydrogens is 226 g/mol. The molecule has 1 aliphatic rings. The summed E-state index contributed by atoms with van der Waals surface area (Å²) in [6.45, 7) is 2.48. The molecule has 0 bridgehead atoms. The highest BCUT2D eigenvalue weighted by Crippen LogP contribution is 2.15. The molecule has 0 aromatic heterocycles. The fourth-order valence-corrected chi connectivity index (χ4v) is 1.91. The molecule has 1 saturated heterocycles. The van der Waals surface area contributed by atoms with Crippen molar-refractivity contribution in [2.24, 2.45) is 0 Å². The molecule has 17 heavy (non-hydrogen) atoms. The van der Waals surface area contributed by atoms with Crippen molar-refractivity contribution in [3.05, 3.63) is 35.4 Å². The summed E-state index contributed by atoms with van der Waals surface area (Å²) in [5, 5.41) is 3.13. The van der Waals surface area contributed by atoms with E-state index in [9.17, 15) is 13.6 Å². The maximum Gasteiger partial charge on any atom is 0.259 e. The molecular formula is C12H14F2N2O. The molecule has 0 saturated carbocycles. The van der Waals surface area contributed by atoms with Crippen LogP contribution in [0.1, 0.15) is 16.8 Å². The average molecular weight is 240 g/mol. The van der Waals surface area contributed by atoms with E-state index in [2.05, 4.69) is 5.32 Å². The zero-order valence-corrected chi connectivity index (χ0v) is 9.38. The number of rotatable bonds is 1. The Morgan fingerprint density at radius 1 is 1.18 bits per heavy atom. The summed E-state index contributed by atoms with van der Waals surface area (Å²) in [6, 6.07) is 3.46. The fraction of sp³-hybridized carbons (Fsp3) is 0.417. The molecule has 0 unspecified atom stereocenters.